The molecule has 0 spiro atoms. The van der Waals surface area contributed by atoms with Crippen LogP contribution in [0.4, 0.5) is 0 Å². The first-order valence-electron chi connectivity index (χ1n) is 6.49. The molecular weight excluding hydrogens is 280 g/mol. The topological polar surface area (TPSA) is 88.4 Å². The highest BCUT2D eigenvalue weighted by atomic mass is 32.2. The van der Waals surface area contributed by atoms with Crippen LogP contribution in [-0.4, -0.2) is 29.6 Å². The molecule has 0 bridgehead atoms. The third-order valence-corrected chi connectivity index (χ3v) is 4.87. The van der Waals surface area contributed by atoms with Gasteiger partial charge in [0.1, 0.15) is 10.6 Å². The van der Waals surface area contributed by atoms with Gasteiger partial charge in [-0.1, -0.05) is 6.92 Å². The fourth-order valence-electron chi connectivity index (χ4n) is 1.69. The second-order valence-corrected chi connectivity index (χ2v) is 7.39. The quantitative estimate of drug-likeness (QED) is 0.843. The molecule has 0 saturated carbocycles. The van der Waals surface area contributed by atoms with Crippen LogP contribution >= 0.6 is 0 Å². The second kappa shape index (κ2) is 5.57. The van der Waals surface area contributed by atoms with Gasteiger partial charge in [-0.15, -0.1) is 0 Å². The minimum Gasteiger partial charge on any atom is -0.477 e. The summed E-state index contributed by atoms with van der Waals surface area (Å²) in [5.41, 5.74) is -0.614. The van der Waals surface area contributed by atoms with Crippen molar-refractivity contribution in [2.45, 2.75) is 57.5 Å². The summed E-state index contributed by atoms with van der Waals surface area (Å²) in [6.45, 7) is 9.03. The number of nitrogens with zero attached hydrogens (tertiary/aromatic N) is 1. The summed E-state index contributed by atoms with van der Waals surface area (Å²) in [5, 5.41) is 9.14. The summed E-state index contributed by atoms with van der Waals surface area (Å²) in [5.74, 6) is -1.14. The van der Waals surface area contributed by atoms with Crippen LogP contribution in [0, 0.1) is 0 Å². The summed E-state index contributed by atoms with van der Waals surface area (Å²) in [7, 11) is -3.73. The van der Waals surface area contributed by atoms with Gasteiger partial charge in [0, 0.05) is 17.8 Å². The molecule has 20 heavy (non-hydrogen) atoms. The Morgan fingerprint density at radius 2 is 2.00 bits per heavy atom. The lowest BCUT2D eigenvalue weighted by molar-refractivity contribution is 0.0683. The van der Waals surface area contributed by atoms with Crippen molar-refractivity contribution in [3.05, 3.63) is 18.0 Å². The van der Waals surface area contributed by atoms with E-state index in [9.17, 15) is 13.2 Å². The summed E-state index contributed by atoms with van der Waals surface area (Å²) < 4.78 is 28.6. The van der Waals surface area contributed by atoms with Crippen LogP contribution < -0.4 is 4.72 Å². The maximum Gasteiger partial charge on any atom is 0.352 e. The van der Waals surface area contributed by atoms with E-state index in [0.717, 1.165) is 0 Å². The van der Waals surface area contributed by atoms with E-state index < -0.39 is 21.5 Å². The Morgan fingerprint density at radius 1 is 1.45 bits per heavy atom. The van der Waals surface area contributed by atoms with Crippen LogP contribution in [0.1, 0.15) is 57.6 Å². The highest BCUT2D eigenvalue weighted by Gasteiger charge is 2.27. The number of sulfonamides is 1. The second-order valence-electron chi connectivity index (χ2n) is 5.71. The van der Waals surface area contributed by atoms with E-state index in [-0.39, 0.29) is 16.6 Å². The average molecular weight is 302 g/mol. The molecule has 0 aliphatic heterocycles. The van der Waals surface area contributed by atoms with Gasteiger partial charge in [0.2, 0.25) is 10.0 Å². The predicted octanol–water partition coefficient (Wildman–Crippen LogP) is 2.23. The zero-order valence-corrected chi connectivity index (χ0v) is 13.3. The number of aromatic nitrogens is 1. The highest BCUT2D eigenvalue weighted by molar-refractivity contribution is 7.89. The monoisotopic (exact) mass is 302 g/mol. The first-order valence-corrected chi connectivity index (χ1v) is 7.97. The number of aromatic carboxylic acids is 1. The Hall–Kier alpha value is -1.34. The van der Waals surface area contributed by atoms with Gasteiger partial charge in [0.25, 0.3) is 0 Å². The van der Waals surface area contributed by atoms with Gasteiger partial charge in [0.15, 0.2) is 0 Å². The largest absolute Gasteiger partial charge is 0.477 e. The molecule has 0 radical (unpaired) electrons. The van der Waals surface area contributed by atoms with Gasteiger partial charge in [-0.3, -0.25) is 0 Å². The lowest BCUT2D eigenvalue weighted by Crippen LogP contribution is -2.42. The van der Waals surface area contributed by atoms with Crippen molar-refractivity contribution in [1.29, 1.82) is 0 Å². The number of carboxylic acids is 1. The van der Waals surface area contributed by atoms with Crippen LogP contribution in [0.25, 0.3) is 0 Å². The molecule has 6 nitrogen and oxygen atoms in total. The van der Waals surface area contributed by atoms with Crippen molar-refractivity contribution in [2.24, 2.45) is 0 Å². The van der Waals surface area contributed by atoms with Crippen molar-refractivity contribution in [3.8, 4) is 0 Å². The van der Waals surface area contributed by atoms with Crippen LogP contribution in [0.15, 0.2) is 17.2 Å². The Labute approximate surface area is 119 Å². The molecule has 0 aromatic carbocycles. The molecule has 0 unspecified atom stereocenters. The van der Waals surface area contributed by atoms with E-state index in [1.165, 1.54) is 16.8 Å². The number of carboxylic acid groups (broad SMARTS) is 1. The lowest BCUT2D eigenvalue weighted by atomic mass is 10.0. The van der Waals surface area contributed by atoms with Gasteiger partial charge in [0.05, 0.1) is 0 Å². The third-order valence-electron chi connectivity index (χ3n) is 3.20. The van der Waals surface area contributed by atoms with Gasteiger partial charge >= 0.3 is 5.97 Å². The van der Waals surface area contributed by atoms with Crippen LogP contribution in [-0.2, 0) is 10.0 Å². The number of carbonyl (C=O) groups is 1. The predicted molar refractivity (Wildman–Crippen MR) is 76.5 cm³/mol. The van der Waals surface area contributed by atoms with Crippen LogP contribution in [0.3, 0.4) is 0 Å². The van der Waals surface area contributed by atoms with Crippen molar-refractivity contribution >= 4 is 16.0 Å². The average Bonchev–Trinajstić information content (AvgIpc) is 2.73. The summed E-state index contributed by atoms with van der Waals surface area (Å²) in [6.07, 6.45) is 1.99. The molecule has 1 aromatic heterocycles. The fraction of sp³-hybridized carbons (Fsp3) is 0.615. The summed E-state index contributed by atoms with van der Waals surface area (Å²) in [4.78, 5) is 11.1. The van der Waals surface area contributed by atoms with E-state index in [2.05, 4.69) is 4.72 Å². The van der Waals surface area contributed by atoms with Crippen molar-refractivity contribution in [1.82, 2.24) is 9.29 Å². The van der Waals surface area contributed by atoms with E-state index in [0.29, 0.717) is 6.42 Å². The Balaban J connectivity index is 3.27. The summed E-state index contributed by atoms with van der Waals surface area (Å²) >= 11 is 0. The Bertz CT molecular complexity index is 600. The van der Waals surface area contributed by atoms with E-state index in [1.54, 1.807) is 27.7 Å². The van der Waals surface area contributed by atoms with Crippen molar-refractivity contribution in [3.63, 3.8) is 0 Å². The third kappa shape index (κ3) is 3.61. The first kappa shape index (κ1) is 16.7. The standard InChI is InChI=1S/C13H22N2O4S/c1-6-13(4,5)14-20(18,19)10-7-11(12(16)17)15(8-10)9(2)3/h7-9,14H,6H2,1-5H3,(H,16,17). The molecule has 1 heterocycles. The maximum atomic E-state index is 12.3. The van der Waals surface area contributed by atoms with Crippen molar-refractivity contribution in [2.75, 3.05) is 0 Å². The van der Waals surface area contributed by atoms with Crippen LogP contribution in [0.2, 0.25) is 0 Å². The van der Waals surface area contributed by atoms with Crippen molar-refractivity contribution < 1.29 is 18.3 Å². The zero-order chi connectivity index (χ0) is 15.7. The normalized spacial score (nSPS) is 12.9. The molecule has 1 rings (SSSR count). The van der Waals surface area contributed by atoms with E-state index in [4.69, 9.17) is 5.11 Å². The number of hydrogen-bond acceptors (Lipinski definition) is 3. The van der Waals surface area contributed by atoms with Gasteiger partial charge in [-0.25, -0.2) is 17.9 Å². The van der Waals surface area contributed by atoms with Crippen LogP contribution in [0.5, 0.6) is 0 Å². The molecule has 0 fully saturated rings. The number of rotatable bonds is 6. The molecule has 0 aliphatic carbocycles. The minimum absolute atomic E-state index is 0.0230. The van der Waals surface area contributed by atoms with Gasteiger partial charge < -0.3 is 9.67 Å². The van der Waals surface area contributed by atoms with Gasteiger partial charge in [-0.05, 0) is 40.2 Å². The molecule has 0 amide bonds. The van der Waals surface area contributed by atoms with E-state index in [1.807, 2.05) is 6.92 Å². The van der Waals surface area contributed by atoms with Gasteiger partial charge in [-0.2, -0.15) is 0 Å². The van der Waals surface area contributed by atoms with E-state index >= 15 is 0 Å². The SMILES string of the molecule is CCC(C)(C)NS(=O)(=O)c1cc(C(=O)O)n(C(C)C)c1. The summed E-state index contributed by atoms with van der Waals surface area (Å²) in [6, 6.07) is 1.06. The molecule has 1 aromatic rings. The first-order chi connectivity index (χ1) is 9.00. The maximum absolute atomic E-state index is 12.3. The molecule has 0 aliphatic rings. The molecule has 2 N–H and O–H groups in total. The fourth-order valence-corrected chi connectivity index (χ4v) is 3.20. The Kier molecular flexibility index (Phi) is 4.66. The molecular formula is C13H22N2O4S. The minimum atomic E-state index is -3.73. The molecule has 114 valence electrons. The highest BCUT2D eigenvalue weighted by Crippen LogP contribution is 2.21. The smallest absolute Gasteiger partial charge is 0.352 e. The molecule has 0 atom stereocenters. The zero-order valence-electron chi connectivity index (χ0n) is 12.5. The Morgan fingerprint density at radius 3 is 2.35 bits per heavy atom. The lowest BCUT2D eigenvalue weighted by Gasteiger charge is -2.23. The molecule has 0 saturated heterocycles. The number of hydrogen-bond donors (Lipinski definition) is 2. The number of nitrogens with one attached hydrogen (secondary N) is 1. The molecule has 7 heteroatoms.